The number of aryl methyl sites for hydroxylation is 1. The summed E-state index contributed by atoms with van der Waals surface area (Å²) >= 11 is 0. The van der Waals surface area contributed by atoms with Crippen LogP contribution in [0.1, 0.15) is 30.0 Å². The number of hydrazine groups is 1. The number of carbonyl (C=O) groups is 2. The normalized spacial score (nSPS) is 17.0. The van der Waals surface area contributed by atoms with Crippen molar-refractivity contribution >= 4 is 12.1 Å². The van der Waals surface area contributed by atoms with Gasteiger partial charge in [-0.2, -0.15) is 0 Å². The smallest absolute Gasteiger partial charge is 0.425 e. The fraction of sp³-hybridized carbons (Fsp3) is 0.385. The lowest BCUT2D eigenvalue weighted by Crippen LogP contribution is -2.48. The number of methoxy groups -OCH3 is 1. The zero-order valence-corrected chi connectivity index (χ0v) is 10.7. The topological polar surface area (TPSA) is 79.5 Å². The molecule has 2 rings (SSSR count). The van der Waals surface area contributed by atoms with Crippen molar-refractivity contribution in [1.82, 2.24) is 16.2 Å². The Hall–Kier alpha value is -2.24. The van der Waals surface area contributed by atoms with Gasteiger partial charge >= 0.3 is 12.1 Å². The molecular formula is C13H17N3O3. The summed E-state index contributed by atoms with van der Waals surface area (Å²) in [6.07, 6.45) is 2.25. The van der Waals surface area contributed by atoms with Crippen LogP contribution in [0.15, 0.2) is 24.3 Å². The summed E-state index contributed by atoms with van der Waals surface area (Å²) in [6.45, 7) is 0. The van der Waals surface area contributed by atoms with Crippen LogP contribution >= 0.6 is 0 Å². The van der Waals surface area contributed by atoms with Gasteiger partial charge in [-0.1, -0.05) is 24.3 Å². The van der Waals surface area contributed by atoms with E-state index in [1.165, 1.54) is 12.7 Å². The highest BCUT2D eigenvalue weighted by molar-refractivity contribution is 5.77. The highest BCUT2D eigenvalue weighted by Crippen LogP contribution is 2.29. The highest BCUT2D eigenvalue weighted by atomic mass is 16.5. The maximum atomic E-state index is 11.6. The number of benzene rings is 1. The summed E-state index contributed by atoms with van der Waals surface area (Å²) in [5.74, 6) is 0. The van der Waals surface area contributed by atoms with Crippen LogP contribution < -0.4 is 16.2 Å². The zero-order valence-electron chi connectivity index (χ0n) is 10.7. The Morgan fingerprint density at radius 2 is 2.05 bits per heavy atom. The molecule has 0 spiro atoms. The zero-order chi connectivity index (χ0) is 13.7. The first-order valence-corrected chi connectivity index (χ1v) is 6.19. The van der Waals surface area contributed by atoms with E-state index in [0.717, 1.165) is 24.8 Å². The number of ether oxygens (including phenoxy) is 1. The molecule has 1 unspecified atom stereocenters. The summed E-state index contributed by atoms with van der Waals surface area (Å²) in [4.78, 5) is 22.5. The summed E-state index contributed by atoms with van der Waals surface area (Å²) in [5.41, 5.74) is 6.76. The van der Waals surface area contributed by atoms with Crippen LogP contribution in [0.2, 0.25) is 0 Å². The Labute approximate surface area is 111 Å². The van der Waals surface area contributed by atoms with Gasteiger partial charge < -0.3 is 10.1 Å². The minimum atomic E-state index is -0.709. The monoisotopic (exact) mass is 263 g/mol. The third kappa shape index (κ3) is 3.37. The minimum absolute atomic E-state index is 0.0237. The standard InChI is InChI=1S/C13H17N3O3/c1-19-13(18)16-15-12(17)14-11-8-4-6-9-5-2-3-7-10(9)11/h2-3,5,7,11H,4,6,8H2,1H3,(H,16,18)(H2,14,15,17). The number of nitrogens with one attached hydrogen (secondary N) is 3. The van der Waals surface area contributed by atoms with E-state index in [1.807, 2.05) is 18.2 Å². The Balaban J connectivity index is 1.93. The number of hydrogen-bond donors (Lipinski definition) is 3. The molecule has 19 heavy (non-hydrogen) atoms. The lowest BCUT2D eigenvalue weighted by molar-refractivity contribution is 0.164. The van der Waals surface area contributed by atoms with E-state index >= 15 is 0 Å². The van der Waals surface area contributed by atoms with Gasteiger partial charge in [0.25, 0.3) is 0 Å². The molecule has 0 heterocycles. The molecule has 1 aliphatic carbocycles. The maximum absolute atomic E-state index is 11.6. The van der Waals surface area contributed by atoms with Crippen LogP contribution in [0.5, 0.6) is 0 Å². The molecule has 3 N–H and O–H groups in total. The van der Waals surface area contributed by atoms with Gasteiger partial charge in [-0.05, 0) is 30.4 Å². The van der Waals surface area contributed by atoms with E-state index < -0.39 is 12.1 Å². The summed E-state index contributed by atoms with van der Waals surface area (Å²) in [5, 5.41) is 2.83. The van der Waals surface area contributed by atoms with Gasteiger partial charge in [0.1, 0.15) is 0 Å². The molecule has 0 aliphatic heterocycles. The molecule has 1 aromatic carbocycles. The van der Waals surface area contributed by atoms with E-state index in [1.54, 1.807) is 0 Å². The molecule has 0 saturated heterocycles. The molecule has 3 amide bonds. The largest absolute Gasteiger partial charge is 0.452 e. The van der Waals surface area contributed by atoms with Crippen LogP contribution in [0, 0.1) is 0 Å². The van der Waals surface area contributed by atoms with Gasteiger partial charge in [0.2, 0.25) is 0 Å². The Bertz CT molecular complexity index is 476. The SMILES string of the molecule is COC(=O)NNC(=O)NC1CCCc2ccccc21. The number of hydrogen-bond acceptors (Lipinski definition) is 3. The van der Waals surface area contributed by atoms with Gasteiger partial charge in [-0.15, -0.1) is 0 Å². The molecule has 1 atom stereocenters. The van der Waals surface area contributed by atoms with Crippen LogP contribution in [0.25, 0.3) is 0 Å². The molecule has 0 saturated carbocycles. The number of urea groups is 1. The lowest BCUT2D eigenvalue weighted by Gasteiger charge is -2.26. The fourth-order valence-corrected chi connectivity index (χ4v) is 2.26. The molecule has 6 heteroatoms. The summed E-state index contributed by atoms with van der Waals surface area (Å²) < 4.78 is 4.35. The van der Waals surface area contributed by atoms with Crippen LogP contribution in [-0.4, -0.2) is 19.2 Å². The first kappa shape index (κ1) is 13.2. The van der Waals surface area contributed by atoms with Crippen molar-refractivity contribution in [1.29, 1.82) is 0 Å². The maximum Gasteiger partial charge on any atom is 0.425 e. The number of fused-ring (bicyclic) bond motifs is 1. The average molecular weight is 263 g/mol. The van der Waals surface area contributed by atoms with E-state index in [-0.39, 0.29) is 6.04 Å². The molecule has 1 aromatic rings. The molecule has 0 bridgehead atoms. The van der Waals surface area contributed by atoms with Crippen LogP contribution in [0.4, 0.5) is 9.59 Å². The molecule has 0 aromatic heterocycles. The molecule has 0 fully saturated rings. The second-order valence-electron chi connectivity index (χ2n) is 4.36. The highest BCUT2D eigenvalue weighted by Gasteiger charge is 2.21. The second kappa shape index (κ2) is 6.08. The fourth-order valence-electron chi connectivity index (χ4n) is 2.26. The van der Waals surface area contributed by atoms with E-state index in [2.05, 4.69) is 27.0 Å². The van der Waals surface area contributed by atoms with Crippen molar-refractivity contribution in [3.05, 3.63) is 35.4 Å². The third-order valence-corrected chi connectivity index (χ3v) is 3.14. The quantitative estimate of drug-likeness (QED) is 0.674. The first-order valence-electron chi connectivity index (χ1n) is 6.19. The predicted octanol–water partition coefficient (Wildman–Crippen LogP) is 1.63. The Morgan fingerprint density at radius 3 is 2.84 bits per heavy atom. The van der Waals surface area contributed by atoms with Crippen molar-refractivity contribution in [2.75, 3.05) is 7.11 Å². The van der Waals surface area contributed by atoms with E-state index in [4.69, 9.17) is 0 Å². The Kier molecular flexibility index (Phi) is 4.22. The number of rotatable bonds is 1. The van der Waals surface area contributed by atoms with Crippen molar-refractivity contribution in [3.8, 4) is 0 Å². The molecule has 6 nitrogen and oxygen atoms in total. The average Bonchev–Trinajstić information content (AvgIpc) is 2.45. The summed E-state index contributed by atoms with van der Waals surface area (Å²) in [6, 6.07) is 7.58. The van der Waals surface area contributed by atoms with Gasteiger partial charge in [0, 0.05) is 0 Å². The third-order valence-electron chi connectivity index (χ3n) is 3.14. The molecule has 1 aliphatic rings. The van der Waals surface area contributed by atoms with Crippen LogP contribution in [-0.2, 0) is 11.2 Å². The van der Waals surface area contributed by atoms with Gasteiger partial charge in [0.15, 0.2) is 0 Å². The van der Waals surface area contributed by atoms with Gasteiger partial charge in [-0.3, -0.25) is 0 Å². The van der Waals surface area contributed by atoms with E-state index in [0.29, 0.717) is 0 Å². The van der Waals surface area contributed by atoms with Crippen molar-refractivity contribution in [2.45, 2.75) is 25.3 Å². The minimum Gasteiger partial charge on any atom is -0.452 e. The molecule has 102 valence electrons. The first-order chi connectivity index (χ1) is 9.20. The van der Waals surface area contributed by atoms with Crippen molar-refractivity contribution < 1.29 is 14.3 Å². The Morgan fingerprint density at radius 1 is 1.26 bits per heavy atom. The van der Waals surface area contributed by atoms with Gasteiger partial charge in [0.05, 0.1) is 13.2 Å². The number of carbonyl (C=O) groups excluding carboxylic acids is 2. The van der Waals surface area contributed by atoms with Crippen molar-refractivity contribution in [2.24, 2.45) is 0 Å². The summed E-state index contributed by atoms with van der Waals surface area (Å²) in [7, 11) is 1.23. The molecule has 0 radical (unpaired) electrons. The lowest BCUT2D eigenvalue weighted by atomic mass is 9.88. The molecular weight excluding hydrogens is 246 g/mol. The number of amides is 3. The second-order valence-corrected chi connectivity index (χ2v) is 4.36. The predicted molar refractivity (Wildman–Crippen MR) is 69.3 cm³/mol. The van der Waals surface area contributed by atoms with Gasteiger partial charge in [-0.25, -0.2) is 20.4 Å². The van der Waals surface area contributed by atoms with Crippen LogP contribution in [0.3, 0.4) is 0 Å². The van der Waals surface area contributed by atoms with Crippen molar-refractivity contribution in [3.63, 3.8) is 0 Å². The van der Waals surface area contributed by atoms with E-state index in [9.17, 15) is 9.59 Å².